The minimum Gasteiger partial charge on any atom is -0.478 e. The fourth-order valence-corrected chi connectivity index (χ4v) is 3.06. The second-order valence-corrected chi connectivity index (χ2v) is 6.49. The van der Waals surface area contributed by atoms with Crippen molar-refractivity contribution in [2.45, 2.75) is 31.2 Å². The van der Waals surface area contributed by atoms with E-state index in [2.05, 4.69) is 29.3 Å². The Morgan fingerprint density at radius 1 is 1.12 bits per heavy atom. The smallest absolute Gasteiger partial charge is 0.328 e. The zero-order valence-electron chi connectivity index (χ0n) is 15.5. The van der Waals surface area contributed by atoms with Crippen molar-refractivity contribution in [3.05, 3.63) is 48.0 Å². The molecule has 1 amide bonds. The molecule has 1 aromatic rings. The van der Waals surface area contributed by atoms with Crippen LogP contribution in [-0.2, 0) is 19.8 Å². The van der Waals surface area contributed by atoms with Crippen LogP contribution in [0.5, 0.6) is 0 Å². The first-order valence-electron chi connectivity index (χ1n) is 8.27. The monoisotopic (exact) mass is 362 g/mol. The number of likely N-dealkylation sites (N-methyl/N-ethyl adjacent to an activating group) is 2. The average molecular weight is 362 g/mol. The van der Waals surface area contributed by atoms with Crippen molar-refractivity contribution in [3.8, 4) is 0 Å². The van der Waals surface area contributed by atoms with E-state index in [1.807, 2.05) is 39.2 Å². The molecule has 7 nitrogen and oxygen atoms in total. The van der Waals surface area contributed by atoms with Crippen LogP contribution in [0.15, 0.2) is 42.5 Å². The lowest BCUT2D eigenvalue weighted by Crippen LogP contribution is -2.45. The Balaban J connectivity index is 0.000000359. The first kappa shape index (κ1) is 21.4. The quantitative estimate of drug-likeness (QED) is 0.662. The van der Waals surface area contributed by atoms with Gasteiger partial charge >= 0.3 is 11.9 Å². The molecular weight excluding hydrogens is 336 g/mol. The number of rotatable bonds is 6. The Hall–Kier alpha value is -2.67. The van der Waals surface area contributed by atoms with Crippen LogP contribution >= 0.6 is 0 Å². The fourth-order valence-electron chi connectivity index (χ4n) is 3.06. The first-order valence-corrected chi connectivity index (χ1v) is 8.27. The van der Waals surface area contributed by atoms with Crippen molar-refractivity contribution in [1.29, 1.82) is 0 Å². The molecule has 3 N–H and O–H groups in total. The molecule has 0 aliphatic heterocycles. The summed E-state index contributed by atoms with van der Waals surface area (Å²) in [6, 6.07) is 10.1. The van der Waals surface area contributed by atoms with Gasteiger partial charge in [0.25, 0.3) is 0 Å². The summed E-state index contributed by atoms with van der Waals surface area (Å²) in [5.41, 5.74) is 0.633. The van der Waals surface area contributed by atoms with Gasteiger partial charge in [0.1, 0.15) is 0 Å². The van der Waals surface area contributed by atoms with E-state index in [9.17, 15) is 14.4 Å². The minimum atomic E-state index is -1.26. The summed E-state index contributed by atoms with van der Waals surface area (Å²) in [7, 11) is 4.09. The molecule has 2 unspecified atom stereocenters. The summed E-state index contributed by atoms with van der Waals surface area (Å²) in [6.45, 7) is 4.80. The zero-order valence-corrected chi connectivity index (χ0v) is 15.5. The zero-order chi connectivity index (χ0) is 20.0. The lowest BCUT2D eigenvalue weighted by molar-refractivity contribution is -0.134. The molecule has 26 heavy (non-hydrogen) atoms. The summed E-state index contributed by atoms with van der Waals surface area (Å²) >= 11 is 0. The fraction of sp³-hybridized carbons (Fsp3) is 0.421. The van der Waals surface area contributed by atoms with Crippen molar-refractivity contribution in [3.63, 3.8) is 0 Å². The van der Waals surface area contributed by atoms with Gasteiger partial charge in [0.2, 0.25) is 5.91 Å². The molecule has 1 aromatic carbocycles. The molecule has 2 atom stereocenters. The highest BCUT2D eigenvalue weighted by Gasteiger charge is 2.71. The number of carbonyl (C=O) groups excluding carboxylic acids is 1. The maximum atomic E-state index is 12.5. The van der Waals surface area contributed by atoms with E-state index in [0.717, 1.165) is 12.0 Å². The number of nitrogens with one attached hydrogen (secondary N) is 1. The van der Waals surface area contributed by atoms with Crippen molar-refractivity contribution in [2.24, 2.45) is 0 Å². The van der Waals surface area contributed by atoms with Crippen LogP contribution in [0.1, 0.15) is 25.8 Å². The van der Waals surface area contributed by atoms with Crippen molar-refractivity contribution in [1.82, 2.24) is 10.2 Å². The standard InChI is InChI=1S/C15H22N2O.C4H4O4/c1-5-16-13(18)15(11-14(15,2)17(3)4)12-9-7-6-8-10-12;5-3(6)1-2-4(7)8/h6-10H,5,11H2,1-4H3,(H,16,18);1-2H,(H,5,6)(H,7,8)/b;2-1-. The number of nitrogens with zero attached hydrogens (tertiary/aromatic N) is 1. The highest BCUT2D eigenvalue weighted by molar-refractivity contribution is 5.94. The van der Waals surface area contributed by atoms with Crippen LogP contribution < -0.4 is 5.32 Å². The van der Waals surface area contributed by atoms with Crippen molar-refractivity contribution in [2.75, 3.05) is 20.6 Å². The number of hydrogen-bond acceptors (Lipinski definition) is 4. The van der Waals surface area contributed by atoms with Gasteiger partial charge in [0.15, 0.2) is 0 Å². The third kappa shape index (κ3) is 4.49. The molecule has 7 heteroatoms. The molecule has 0 radical (unpaired) electrons. The average Bonchev–Trinajstić information content (AvgIpc) is 3.24. The van der Waals surface area contributed by atoms with Gasteiger partial charge in [0.05, 0.1) is 5.41 Å². The second-order valence-electron chi connectivity index (χ2n) is 6.49. The van der Waals surface area contributed by atoms with Crippen LogP contribution in [-0.4, -0.2) is 59.1 Å². The molecule has 1 saturated carbocycles. The molecule has 0 heterocycles. The van der Waals surface area contributed by atoms with Gasteiger partial charge in [-0.2, -0.15) is 0 Å². The number of aliphatic carboxylic acids is 2. The van der Waals surface area contributed by atoms with Crippen LogP contribution in [0.3, 0.4) is 0 Å². The van der Waals surface area contributed by atoms with Crippen LogP contribution in [0, 0.1) is 0 Å². The molecule has 1 fully saturated rings. The van der Waals surface area contributed by atoms with Gasteiger partial charge in [0, 0.05) is 24.2 Å². The summed E-state index contributed by atoms with van der Waals surface area (Å²) in [4.78, 5) is 33.8. The molecular formula is C19H26N2O5. The van der Waals surface area contributed by atoms with E-state index in [0.29, 0.717) is 18.7 Å². The predicted octanol–water partition coefficient (Wildman–Crippen LogP) is 1.50. The summed E-state index contributed by atoms with van der Waals surface area (Å²) in [5, 5.41) is 18.6. The maximum Gasteiger partial charge on any atom is 0.328 e. The lowest BCUT2D eigenvalue weighted by atomic mass is 9.89. The van der Waals surface area contributed by atoms with Gasteiger partial charge < -0.3 is 20.4 Å². The lowest BCUT2D eigenvalue weighted by Gasteiger charge is -2.28. The van der Waals surface area contributed by atoms with E-state index in [4.69, 9.17) is 10.2 Å². The topological polar surface area (TPSA) is 107 Å². The van der Waals surface area contributed by atoms with Crippen molar-refractivity contribution >= 4 is 17.8 Å². The molecule has 0 bridgehead atoms. The van der Waals surface area contributed by atoms with E-state index >= 15 is 0 Å². The Labute approximate surface area is 153 Å². The van der Waals surface area contributed by atoms with E-state index in [-0.39, 0.29) is 11.4 Å². The van der Waals surface area contributed by atoms with E-state index < -0.39 is 17.4 Å². The summed E-state index contributed by atoms with van der Waals surface area (Å²) < 4.78 is 0. The minimum absolute atomic E-state index is 0.0897. The first-order chi connectivity index (χ1) is 12.1. The van der Waals surface area contributed by atoms with Crippen LogP contribution in [0.2, 0.25) is 0 Å². The predicted molar refractivity (Wildman–Crippen MR) is 97.9 cm³/mol. The molecule has 0 aromatic heterocycles. The maximum absolute atomic E-state index is 12.5. The second kappa shape index (κ2) is 8.62. The van der Waals surface area contributed by atoms with Crippen molar-refractivity contribution < 1.29 is 24.6 Å². The molecule has 142 valence electrons. The van der Waals surface area contributed by atoms with Gasteiger partial charge in [-0.25, -0.2) is 9.59 Å². The molecule has 1 aliphatic rings. The molecule has 1 aliphatic carbocycles. The Morgan fingerprint density at radius 3 is 1.96 bits per heavy atom. The third-order valence-electron chi connectivity index (χ3n) is 4.75. The van der Waals surface area contributed by atoms with Gasteiger partial charge in [-0.15, -0.1) is 0 Å². The van der Waals surface area contributed by atoms with Gasteiger partial charge in [-0.1, -0.05) is 30.3 Å². The summed E-state index contributed by atoms with van der Waals surface area (Å²) in [5.74, 6) is -2.37. The molecule has 0 saturated heterocycles. The third-order valence-corrected chi connectivity index (χ3v) is 4.75. The van der Waals surface area contributed by atoms with Crippen LogP contribution in [0.25, 0.3) is 0 Å². The van der Waals surface area contributed by atoms with Gasteiger partial charge in [-0.3, -0.25) is 4.79 Å². The summed E-state index contributed by atoms with van der Waals surface area (Å²) in [6.07, 6.45) is 1.99. The number of carbonyl (C=O) groups is 3. The van der Waals surface area contributed by atoms with Gasteiger partial charge in [-0.05, 0) is 39.9 Å². The largest absolute Gasteiger partial charge is 0.478 e. The normalized spacial score (nSPS) is 23.9. The Kier molecular flexibility index (Phi) is 7.09. The van der Waals surface area contributed by atoms with Crippen LogP contribution in [0.4, 0.5) is 0 Å². The van der Waals surface area contributed by atoms with E-state index in [1.165, 1.54) is 0 Å². The number of benzene rings is 1. The number of amides is 1. The Morgan fingerprint density at radius 2 is 1.62 bits per heavy atom. The SMILES string of the molecule is CCNC(=O)C1(c2ccccc2)CC1(C)N(C)C.O=C(O)/C=C\C(=O)O. The number of carboxylic acids is 2. The molecule has 0 spiro atoms. The highest BCUT2D eigenvalue weighted by atomic mass is 16.4. The number of hydrogen-bond donors (Lipinski definition) is 3. The van der Waals surface area contributed by atoms with E-state index in [1.54, 1.807) is 0 Å². The Bertz CT molecular complexity index is 670. The molecule has 2 rings (SSSR count). The highest BCUT2D eigenvalue weighted by Crippen LogP contribution is 2.60. The number of carboxylic acid groups (broad SMARTS) is 2.